The van der Waals surface area contributed by atoms with Gasteiger partial charge in [0.15, 0.2) is 0 Å². The van der Waals surface area contributed by atoms with E-state index in [2.05, 4.69) is 5.32 Å². The molecule has 0 unspecified atom stereocenters. The van der Waals surface area contributed by atoms with Gasteiger partial charge in [0, 0.05) is 17.3 Å². The molecule has 0 radical (unpaired) electrons. The second-order valence-electron chi connectivity index (χ2n) is 8.84. The highest BCUT2D eigenvalue weighted by Gasteiger charge is 2.53. The first-order chi connectivity index (χ1) is 13.7. The van der Waals surface area contributed by atoms with Crippen molar-refractivity contribution in [2.45, 2.75) is 65.8 Å². The minimum Gasteiger partial charge on any atom is -0.466 e. The van der Waals surface area contributed by atoms with E-state index in [0.717, 1.165) is 0 Å². The lowest BCUT2D eigenvalue weighted by molar-refractivity contribution is -0.138. The maximum Gasteiger partial charge on any atom is 0.412 e. The maximum absolute atomic E-state index is 13.1. The number of ether oxygens (including phenoxy) is 4. The molecule has 0 aromatic carbocycles. The van der Waals surface area contributed by atoms with E-state index in [1.165, 1.54) is 19.1 Å². The molecule has 9 nitrogen and oxygen atoms in total. The smallest absolute Gasteiger partial charge is 0.412 e. The van der Waals surface area contributed by atoms with Crippen molar-refractivity contribution in [1.29, 1.82) is 0 Å². The molecular weight excluding hydrogens is 392 g/mol. The van der Waals surface area contributed by atoms with Crippen LogP contribution in [0.1, 0.15) is 48.5 Å². The predicted octanol–water partition coefficient (Wildman–Crippen LogP) is 2.47. The van der Waals surface area contributed by atoms with E-state index in [0.29, 0.717) is 11.4 Å². The zero-order chi connectivity index (χ0) is 23.0. The van der Waals surface area contributed by atoms with Crippen LogP contribution in [0.15, 0.2) is 22.5 Å². The third kappa shape index (κ3) is 4.45. The fraction of sp³-hybridized carbons (Fsp3) is 0.667. The van der Waals surface area contributed by atoms with Gasteiger partial charge in [-0.1, -0.05) is 0 Å². The summed E-state index contributed by atoms with van der Waals surface area (Å²) in [5.41, 5.74) is -0.201. The van der Waals surface area contributed by atoms with Gasteiger partial charge in [0.05, 0.1) is 38.0 Å². The Morgan fingerprint density at radius 1 is 1.03 bits per heavy atom. The van der Waals surface area contributed by atoms with Crippen LogP contribution in [0.2, 0.25) is 0 Å². The van der Waals surface area contributed by atoms with Crippen LogP contribution in [0.3, 0.4) is 0 Å². The second kappa shape index (κ2) is 8.29. The zero-order valence-electron chi connectivity index (χ0n) is 19.2. The predicted molar refractivity (Wildman–Crippen MR) is 108 cm³/mol. The molecule has 1 N–H and O–H groups in total. The third-order valence-electron chi connectivity index (χ3n) is 5.11. The van der Waals surface area contributed by atoms with Gasteiger partial charge in [-0.2, -0.15) is 0 Å². The second-order valence-corrected chi connectivity index (χ2v) is 8.84. The first-order valence-corrected chi connectivity index (χ1v) is 9.76. The zero-order valence-corrected chi connectivity index (χ0v) is 19.2. The van der Waals surface area contributed by atoms with E-state index in [9.17, 15) is 14.4 Å². The van der Waals surface area contributed by atoms with E-state index < -0.39 is 41.3 Å². The summed E-state index contributed by atoms with van der Waals surface area (Å²) >= 11 is 0. The highest BCUT2D eigenvalue weighted by atomic mass is 16.6. The van der Waals surface area contributed by atoms with Gasteiger partial charge in [0.2, 0.25) is 0 Å². The summed E-state index contributed by atoms with van der Waals surface area (Å²) in [7, 11) is 2.53. The molecule has 0 aromatic heterocycles. The number of nitrogens with one attached hydrogen (secondary N) is 1. The Bertz CT molecular complexity index is 767. The fourth-order valence-corrected chi connectivity index (χ4v) is 3.94. The molecule has 0 bridgehead atoms. The van der Waals surface area contributed by atoms with Crippen LogP contribution < -0.4 is 5.32 Å². The van der Waals surface area contributed by atoms with Crippen molar-refractivity contribution in [3.8, 4) is 0 Å². The molecule has 9 heteroatoms. The number of allylic oxidation sites excluding steroid dienone is 2. The summed E-state index contributed by atoms with van der Waals surface area (Å²) in [5, 5.41) is 3.05. The van der Waals surface area contributed by atoms with Crippen LogP contribution in [0.5, 0.6) is 0 Å². The van der Waals surface area contributed by atoms with Crippen molar-refractivity contribution in [3.05, 3.63) is 22.5 Å². The Balaban J connectivity index is 2.65. The Kier molecular flexibility index (Phi) is 6.56. The molecule has 0 spiro atoms. The fourth-order valence-electron chi connectivity index (χ4n) is 3.94. The number of carbonyl (C=O) groups is 3. The van der Waals surface area contributed by atoms with Crippen molar-refractivity contribution in [3.63, 3.8) is 0 Å². The topological polar surface area (TPSA) is 103 Å². The minimum absolute atomic E-state index is 0.0957. The summed E-state index contributed by atoms with van der Waals surface area (Å²) in [6, 6.07) is -0.690. The van der Waals surface area contributed by atoms with Gasteiger partial charge in [0.25, 0.3) is 0 Å². The van der Waals surface area contributed by atoms with Crippen molar-refractivity contribution in [2.75, 3.05) is 20.8 Å². The van der Waals surface area contributed by atoms with E-state index in [1.54, 1.807) is 48.5 Å². The van der Waals surface area contributed by atoms with Crippen LogP contribution in [-0.4, -0.2) is 61.1 Å². The molecule has 0 aromatic rings. The Morgan fingerprint density at radius 3 is 1.90 bits per heavy atom. The van der Waals surface area contributed by atoms with E-state index in [1.807, 2.05) is 0 Å². The maximum atomic E-state index is 13.1. The molecule has 30 heavy (non-hydrogen) atoms. The minimum atomic E-state index is -1.01. The Morgan fingerprint density at radius 2 is 1.50 bits per heavy atom. The number of hydrogen-bond donors (Lipinski definition) is 1. The molecule has 2 rings (SSSR count). The van der Waals surface area contributed by atoms with E-state index in [4.69, 9.17) is 18.9 Å². The SMILES string of the molecule is COC(=O)C1=C(C)NC(C)=C(C(=O)OC)C1[C@H]1COC(C)(C)N1C(=O)OC(C)(C)C. The number of amides is 1. The van der Waals surface area contributed by atoms with Crippen LogP contribution in [-0.2, 0) is 28.5 Å². The highest BCUT2D eigenvalue weighted by Crippen LogP contribution is 2.41. The van der Waals surface area contributed by atoms with Crippen LogP contribution in [0.25, 0.3) is 0 Å². The molecule has 2 aliphatic rings. The number of rotatable bonds is 3. The molecule has 1 atom stereocenters. The molecule has 2 heterocycles. The van der Waals surface area contributed by atoms with Crippen molar-refractivity contribution in [2.24, 2.45) is 5.92 Å². The molecule has 2 aliphatic heterocycles. The van der Waals surface area contributed by atoms with Crippen molar-refractivity contribution < 1.29 is 33.3 Å². The van der Waals surface area contributed by atoms with Gasteiger partial charge in [0.1, 0.15) is 11.3 Å². The first-order valence-electron chi connectivity index (χ1n) is 9.76. The number of hydrogen-bond acceptors (Lipinski definition) is 8. The molecule has 0 aliphatic carbocycles. The summed E-state index contributed by atoms with van der Waals surface area (Å²) < 4.78 is 21.5. The summed E-state index contributed by atoms with van der Waals surface area (Å²) in [4.78, 5) is 40.0. The number of nitrogens with zero attached hydrogens (tertiary/aromatic N) is 1. The van der Waals surface area contributed by atoms with Crippen molar-refractivity contribution in [1.82, 2.24) is 10.2 Å². The molecule has 1 fully saturated rings. The normalized spacial score (nSPS) is 22.0. The molecule has 168 valence electrons. The molecule has 0 saturated carbocycles. The first kappa shape index (κ1) is 23.7. The van der Waals surface area contributed by atoms with Crippen LogP contribution >= 0.6 is 0 Å². The Hall–Kier alpha value is -2.55. The Labute approximate surface area is 177 Å². The lowest BCUT2D eigenvalue weighted by atomic mass is 9.79. The van der Waals surface area contributed by atoms with Crippen molar-refractivity contribution >= 4 is 18.0 Å². The highest BCUT2D eigenvalue weighted by molar-refractivity contribution is 5.98. The number of esters is 2. The van der Waals surface area contributed by atoms with Gasteiger partial charge in [-0.3, -0.25) is 4.90 Å². The largest absolute Gasteiger partial charge is 0.466 e. The summed E-state index contributed by atoms with van der Waals surface area (Å²) in [6.07, 6.45) is -0.600. The van der Waals surface area contributed by atoms with Gasteiger partial charge in [-0.25, -0.2) is 14.4 Å². The average molecular weight is 424 g/mol. The van der Waals surface area contributed by atoms with Crippen LogP contribution in [0.4, 0.5) is 4.79 Å². The number of carbonyl (C=O) groups excluding carboxylic acids is 3. The molecule has 1 saturated heterocycles. The number of methoxy groups -OCH3 is 2. The lowest BCUT2D eigenvalue weighted by Crippen LogP contribution is -2.54. The summed E-state index contributed by atoms with van der Waals surface area (Å²) in [6.45, 7) is 12.3. The standard InChI is InChI=1S/C21H32N2O7/c1-11-14(17(24)27-8)16(15(12(2)22-11)18(25)28-9)13-10-29-21(6,7)23(13)19(26)30-20(3,4)5/h13,16,22H,10H2,1-9H3/t13-/m1/s1. The van der Waals surface area contributed by atoms with Gasteiger partial charge in [-0.05, 0) is 48.5 Å². The summed E-state index contributed by atoms with van der Waals surface area (Å²) in [5.74, 6) is -2.03. The van der Waals surface area contributed by atoms with Gasteiger partial charge >= 0.3 is 18.0 Å². The van der Waals surface area contributed by atoms with E-state index >= 15 is 0 Å². The third-order valence-corrected chi connectivity index (χ3v) is 5.11. The van der Waals surface area contributed by atoms with E-state index in [-0.39, 0.29) is 17.8 Å². The van der Waals surface area contributed by atoms with Gasteiger partial charge < -0.3 is 24.3 Å². The number of dihydropyridines is 1. The monoisotopic (exact) mass is 424 g/mol. The van der Waals surface area contributed by atoms with Gasteiger partial charge in [-0.15, -0.1) is 0 Å². The molecule has 1 amide bonds. The quantitative estimate of drug-likeness (QED) is 0.544. The molecular formula is C21H32N2O7. The average Bonchev–Trinajstić information content (AvgIpc) is 2.93. The van der Waals surface area contributed by atoms with Crippen LogP contribution in [0, 0.1) is 5.92 Å². The lowest BCUT2D eigenvalue weighted by Gasteiger charge is -2.40.